The summed E-state index contributed by atoms with van der Waals surface area (Å²) in [6.45, 7) is 5.68. The van der Waals surface area contributed by atoms with E-state index in [4.69, 9.17) is 11.6 Å². The van der Waals surface area contributed by atoms with Crippen LogP contribution < -0.4 is 5.32 Å². The van der Waals surface area contributed by atoms with Gasteiger partial charge in [-0.2, -0.15) is 0 Å². The molecule has 1 aromatic heterocycles. The zero-order chi connectivity index (χ0) is 10.7. The van der Waals surface area contributed by atoms with E-state index in [1.807, 2.05) is 5.38 Å². The second-order valence-corrected chi connectivity index (χ2v) is 5.19. The second-order valence-electron chi connectivity index (χ2n) is 3.95. The summed E-state index contributed by atoms with van der Waals surface area (Å²) >= 11 is 7.31. The van der Waals surface area contributed by atoms with E-state index in [2.05, 4.69) is 22.1 Å². The summed E-state index contributed by atoms with van der Waals surface area (Å²) in [6.07, 6.45) is 2.68. The van der Waals surface area contributed by atoms with Crippen molar-refractivity contribution in [2.45, 2.75) is 25.8 Å². The van der Waals surface area contributed by atoms with Crippen LogP contribution >= 0.6 is 22.9 Å². The number of rotatable bonds is 4. The predicted molar refractivity (Wildman–Crippen MR) is 65.9 cm³/mol. The average Bonchev–Trinajstić information content (AvgIpc) is 2.84. The molecule has 0 spiro atoms. The van der Waals surface area contributed by atoms with Gasteiger partial charge in [0.1, 0.15) is 5.15 Å². The van der Waals surface area contributed by atoms with Crippen molar-refractivity contribution in [3.63, 3.8) is 0 Å². The van der Waals surface area contributed by atoms with Crippen molar-refractivity contribution in [1.82, 2.24) is 9.88 Å². The van der Waals surface area contributed by atoms with Gasteiger partial charge in [-0.15, -0.1) is 11.3 Å². The van der Waals surface area contributed by atoms with Gasteiger partial charge in [0.25, 0.3) is 0 Å². The molecule has 1 aliphatic heterocycles. The first-order chi connectivity index (χ1) is 7.25. The lowest BCUT2D eigenvalue weighted by molar-refractivity contribution is 0.269. The molecule has 5 heteroatoms. The summed E-state index contributed by atoms with van der Waals surface area (Å²) < 4.78 is 0. The molecule has 15 heavy (non-hydrogen) atoms. The summed E-state index contributed by atoms with van der Waals surface area (Å²) in [6, 6.07) is 0.579. The number of nitrogens with zero attached hydrogens (tertiary/aromatic N) is 2. The van der Waals surface area contributed by atoms with E-state index in [9.17, 15) is 0 Å². The maximum atomic E-state index is 5.75. The minimum atomic E-state index is 0.579. The maximum absolute atomic E-state index is 5.75. The van der Waals surface area contributed by atoms with Crippen molar-refractivity contribution >= 4 is 28.1 Å². The topological polar surface area (TPSA) is 28.2 Å². The van der Waals surface area contributed by atoms with Crippen LogP contribution in [0.2, 0.25) is 5.15 Å². The smallest absolute Gasteiger partial charge is 0.184 e. The van der Waals surface area contributed by atoms with Crippen molar-refractivity contribution in [3.05, 3.63) is 10.5 Å². The fourth-order valence-corrected chi connectivity index (χ4v) is 2.73. The quantitative estimate of drug-likeness (QED) is 0.884. The van der Waals surface area contributed by atoms with Crippen molar-refractivity contribution in [3.8, 4) is 0 Å². The molecule has 1 fully saturated rings. The van der Waals surface area contributed by atoms with Crippen molar-refractivity contribution in [2.24, 2.45) is 0 Å². The molecule has 1 N–H and O–H groups in total. The van der Waals surface area contributed by atoms with E-state index in [-0.39, 0.29) is 0 Å². The highest BCUT2D eigenvalue weighted by molar-refractivity contribution is 7.14. The second kappa shape index (κ2) is 5.14. The van der Waals surface area contributed by atoms with Gasteiger partial charge in [-0.1, -0.05) is 11.6 Å². The van der Waals surface area contributed by atoms with Crippen molar-refractivity contribution in [2.75, 3.05) is 25.0 Å². The molecule has 0 aliphatic carbocycles. The first-order valence-electron chi connectivity index (χ1n) is 5.34. The number of halogens is 1. The summed E-state index contributed by atoms with van der Waals surface area (Å²) in [5.74, 6) is 0. The third kappa shape index (κ3) is 3.06. The zero-order valence-electron chi connectivity index (χ0n) is 8.87. The van der Waals surface area contributed by atoms with Gasteiger partial charge in [-0.25, -0.2) is 4.98 Å². The number of anilines is 1. The number of hydrogen-bond donors (Lipinski definition) is 1. The molecule has 1 atom stereocenters. The Morgan fingerprint density at radius 2 is 2.33 bits per heavy atom. The summed E-state index contributed by atoms with van der Waals surface area (Å²) in [5.41, 5.74) is 0. The van der Waals surface area contributed by atoms with Gasteiger partial charge in [-0.05, 0) is 32.9 Å². The molecule has 1 unspecified atom stereocenters. The van der Waals surface area contributed by atoms with Crippen LogP contribution in [0.5, 0.6) is 0 Å². The lowest BCUT2D eigenvalue weighted by Gasteiger charge is -2.23. The lowest BCUT2D eigenvalue weighted by atomic mass is 10.3. The number of nitrogens with one attached hydrogen (secondary N) is 1. The van der Waals surface area contributed by atoms with Gasteiger partial charge in [0.05, 0.1) is 0 Å². The van der Waals surface area contributed by atoms with Gasteiger partial charge in [0.2, 0.25) is 0 Å². The molecular weight excluding hydrogens is 230 g/mol. The molecule has 0 saturated carbocycles. The van der Waals surface area contributed by atoms with Crippen LogP contribution in [-0.2, 0) is 0 Å². The first-order valence-corrected chi connectivity index (χ1v) is 6.60. The Morgan fingerprint density at radius 1 is 1.60 bits per heavy atom. The Balaban J connectivity index is 1.77. The maximum Gasteiger partial charge on any atom is 0.184 e. The molecule has 0 bridgehead atoms. The van der Waals surface area contributed by atoms with Crippen LogP contribution in [0.15, 0.2) is 5.38 Å². The number of hydrogen-bond acceptors (Lipinski definition) is 4. The number of likely N-dealkylation sites (tertiary alicyclic amines) is 1. The standard InChI is InChI=1S/C10H16ClN3S/c1-8(14-4-2-3-5-14)6-12-10-13-9(11)7-15-10/h7-8H,2-6H2,1H3,(H,12,13). The Morgan fingerprint density at radius 3 is 2.93 bits per heavy atom. The highest BCUT2D eigenvalue weighted by Crippen LogP contribution is 2.19. The molecule has 2 rings (SSSR count). The molecule has 84 valence electrons. The van der Waals surface area contributed by atoms with E-state index < -0.39 is 0 Å². The van der Waals surface area contributed by atoms with Gasteiger partial charge in [0.15, 0.2) is 5.13 Å². The van der Waals surface area contributed by atoms with Crippen LogP contribution in [-0.4, -0.2) is 35.6 Å². The van der Waals surface area contributed by atoms with E-state index >= 15 is 0 Å². The minimum absolute atomic E-state index is 0.579. The third-order valence-corrected chi connectivity index (χ3v) is 3.91. The molecule has 2 heterocycles. The SMILES string of the molecule is CC(CNc1nc(Cl)cs1)N1CCCC1. The average molecular weight is 246 g/mol. The van der Waals surface area contributed by atoms with Gasteiger partial charge in [-0.3, -0.25) is 4.90 Å². The monoisotopic (exact) mass is 245 g/mol. The van der Waals surface area contributed by atoms with Crippen LogP contribution in [0, 0.1) is 0 Å². The van der Waals surface area contributed by atoms with Crippen molar-refractivity contribution in [1.29, 1.82) is 0 Å². The summed E-state index contributed by atoms with van der Waals surface area (Å²) in [4.78, 5) is 6.68. The molecule has 1 aromatic rings. The minimum Gasteiger partial charge on any atom is -0.360 e. The summed E-state index contributed by atoms with van der Waals surface area (Å²) in [5, 5.41) is 6.68. The largest absolute Gasteiger partial charge is 0.360 e. The Hall–Kier alpha value is -0.320. The molecule has 0 aromatic carbocycles. The Bertz CT molecular complexity index is 309. The van der Waals surface area contributed by atoms with Crippen LogP contribution in [0.1, 0.15) is 19.8 Å². The van der Waals surface area contributed by atoms with E-state index in [0.717, 1.165) is 11.7 Å². The fraction of sp³-hybridized carbons (Fsp3) is 0.700. The molecule has 0 radical (unpaired) electrons. The molecule has 1 aliphatic rings. The third-order valence-electron chi connectivity index (χ3n) is 2.79. The van der Waals surface area contributed by atoms with Crippen LogP contribution in [0.4, 0.5) is 5.13 Å². The Labute approximate surface area is 99.5 Å². The van der Waals surface area contributed by atoms with Crippen LogP contribution in [0.3, 0.4) is 0 Å². The molecule has 0 amide bonds. The normalized spacial score (nSPS) is 19.3. The zero-order valence-corrected chi connectivity index (χ0v) is 10.4. The predicted octanol–water partition coefficient (Wildman–Crippen LogP) is 2.69. The van der Waals surface area contributed by atoms with Gasteiger partial charge in [0, 0.05) is 18.0 Å². The van der Waals surface area contributed by atoms with E-state index in [1.54, 1.807) is 11.3 Å². The number of thiazole rings is 1. The van der Waals surface area contributed by atoms with Crippen LogP contribution in [0.25, 0.3) is 0 Å². The highest BCUT2D eigenvalue weighted by Gasteiger charge is 2.17. The van der Waals surface area contributed by atoms with Crippen molar-refractivity contribution < 1.29 is 0 Å². The molecule has 1 saturated heterocycles. The highest BCUT2D eigenvalue weighted by atomic mass is 35.5. The number of aromatic nitrogens is 1. The van der Waals surface area contributed by atoms with Gasteiger partial charge < -0.3 is 5.32 Å². The first kappa shape index (κ1) is 11.2. The Kier molecular flexibility index (Phi) is 3.83. The fourth-order valence-electron chi connectivity index (χ4n) is 1.88. The lowest BCUT2D eigenvalue weighted by Crippen LogP contribution is -2.35. The van der Waals surface area contributed by atoms with Gasteiger partial charge >= 0.3 is 0 Å². The van der Waals surface area contributed by atoms with E-state index in [1.165, 1.54) is 25.9 Å². The molecular formula is C10H16ClN3S. The summed E-state index contributed by atoms with van der Waals surface area (Å²) in [7, 11) is 0. The van der Waals surface area contributed by atoms with E-state index in [0.29, 0.717) is 11.2 Å². The molecule has 3 nitrogen and oxygen atoms in total.